The molecule has 0 spiro atoms. The Morgan fingerprint density at radius 2 is 1.72 bits per heavy atom. The topological polar surface area (TPSA) is 119 Å². The van der Waals surface area contributed by atoms with Crippen LogP contribution in [-0.4, -0.2) is 61.6 Å². The number of rotatable bonds is 4. The van der Waals surface area contributed by atoms with Gasteiger partial charge in [-0.25, -0.2) is 0 Å². The number of hydrogen-bond acceptors (Lipinski definition) is 6. The Hall–Kier alpha value is -2.70. The third-order valence-electron chi connectivity index (χ3n) is 5.49. The van der Waals surface area contributed by atoms with Crippen molar-refractivity contribution in [2.24, 2.45) is 0 Å². The van der Waals surface area contributed by atoms with Crippen molar-refractivity contribution in [3.63, 3.8) is 0 Å². The number of nitrogens with zero attached hydrogens (tertiary/aromatic N) is 1. The number of H-pyrrole nitrogens is 1. The fraction of sp³-hybridized carbons (Fsp3) is 0.292. The highest BCUT2D eigenvalue weighted by Gasteiger charge is 2.44. The van der Waals surface area contributed by atoms with Crippen LogP contribution in [0.5, 0.6) is 0 Å². The molecule has 0 aliphatic carbocycles. The van der Waals surface area contributed by atoms with Crippen molar-refractivity contribution in [2.75, 3.05) is 6.61 Å². The first-order valence-corrected chi connectivity index (χ1v) is 10.5. The fourth-order valence-corrected chi connectivity index (χ4v) is 3.86. The minimum Gasteiger partial charge on any atom is -0.394 e. The molecule has 0 amide bonds. The van der Waals surface area contributed by atoms with Crippen LogP contribution in [0.15, 0.2) is 54.9 Å². The van der Waals surface area contributed by atoms with E-state index >= 15 is 0 Å². The molecule has 1 aliphatic rings. The largest absolute Gasteiger partial charge is 0.394 e. The second kappa shape index (κ2) is 9.84. The molecule has 5 N–H and O–H groups in total. The third kappa shape index (κ3) is 4.87. The van der Waals surface area contributed by atoms with Crippen LogP contribution >= 0.6 is 11.6 Å². The number of aliphatic hydroxyl groups excluding tert-OH is 4. The number of aromatic nitrogens is 2. The average molecular weight is 455 g/mol. The molecule has 5 atom stereocenters. The van der Waals surface area contributed by atoms with Gasteiger partial charge in [0.15, 0.2) is 0 Å². The van der Waals surface area contributed by atoms with Crippen molar-refractivity contribution >= 4 is 11.6 Å². The maximum atomic E-state index is 10.4. The number of aromatic amines is 1. The predicted molar refractivity (Wildman–Crippen MR) is 118 cm³/mol. The Kier molecular flexibility index (Phi) is 6.92. The molecule has 32 heavy (non-hydrogen) atoms. The molecule has 0 saturated carbocycles. The first-order chi connectivity index (χ1) is 15.5. The zero-order chi connectivity index (χ0) is 22.7. The van der Waals surface area contributed by atoms with Crippen molar-refractivity contribution in [1.82, 2.24) is 10.2 Å². The van der Waals surface area contributed by atoms with E-state index < -0.39 is 37.1 Å². The van der Waals surface area contributed by atoms with Gasteiger partial charge >= 0.3 is 0 Å². The van der Waals surface area contributed by atoms with Gasteiger partial charge in [-0.05, 0) is 41.3 Å². The van der Waals surface area contributed by atoms with Crippen molar-refractivity contribution < 1.29 is 25.2 Å². The summed E-state index contributed by atoms with van der Waals surface area (Å²) in [7, 11) is 0. The average Bonchev–Trinajstić information content (AvgIpc) is 3.33. The van der Waals surface area contributed by atoms with Gasteiger partial charge in [0.2, 0.25) is 0 Å². The lowest BCUT2D eigenvalue weighted by Crippen LogP contribution is -2.55. The van der Waals surface area contributed by atoms with Gasteiger partial charge in [-0.1, -0.05) is 47.7 Å². The molecule has 2 heterocycles. The fourth-order valence-electron chi connectivity index (χ4n) is 3.67. The van der Waals surface area contributed by atoms with Gasteiger partial charge in [-0.2, -0.15) is 5.10 Å². The molecule has 1 aliphatic heterocycles. The highest BCUT2D eigenvalue weighted by atomic mass is 35.5. The summed E-state index contributed by atoms with van der Waals surface area (Å²) in [6, 6.07) is 13.0. The zero-order valence-corrected chi connectivity index (χ0v) is 17.8. The Morgan fingerprint density at radius 1 is 0.969 bits per heavy atom. The lowest BCUT2D eigenvalue weighted by Gasteiger charge is -2.40. The van der Waals surface area contributed by atoms with Gasteiger partial charge in [0.05, 0.1) is 18.4 Å². The first-order valence-electron chi connectivity index (χ1n) is 10.1. The smallest absolute Gasteiger partial charge is 0.113 e. The predicted octanol–water partition coefficient (Wildman–Crippen LogP) is 1.57. The molecule has 2 aromatic carbocycles. The quantitative estimate of drug-likeness (QED) is 0.382. The highest BCUT2D eigenvalue weighted by Crippen LogP contribution is 2.34. The van der Waals surface area contributed by atoms with Crippen molar-refractivity contribution in [2.45, 2.75) is 36.9 Å². The maximum Gasteiger partial charge on any atom is 0.113 e. The summed E-state index contributed by atoms with van der Waals surface area (Å²) in [4.78, 5) is 0. The summed E-state index contributed by atoms with van der Waals surface area (Å²) in [5.41, 5.74) is 4.12. The summed E-state index contributed by atoms with van der Waals surface area (Å²) in [5.74, 6) is 6.10. The van der Waals surface area contributed by atoms with Crippen LogP contribution in [0.25, 0.3) is 0 Å². The molecule has 8 heteroatoms. The van der Waals surface area contributed by atoms with Crippen LogP contribution in [0.3, 0.4) is 0 Å². The molecule has 3 aromatic rings. The molecule has 0 unspecified atom stereocenters. The van der Waals surface area contributed by atoms with E-state index in [-0.39, 0.29) is 0 Å². The van der Waals surface area contributed by atoms with E-state index in [0.29, 0.717) is 17.0 Å². The van der Waals surface area contributed by atoms with Gasteiger partial charge in [-0.15, -0.1) is 0 Å². The molecule has 0 radical (unpaired) electrons. The van der Waals surface area contributed by atoms with E-state index in [2.05, 4.69) is 22.0 Å². The van der Waals surface area contributed by atoms with E-state index in [9.17, 15) is 20.4 Å². The molecule has 4 rings (SSSR count). The summed E-state index contributed by atoms with van der Waals surface area (Å²) < 4.78 is 5.66. The number of nitrogens with one attached hydrogen (secondary N) is 1. The Labute approximate surface area is 190 Å². The highest BCUT2D eigenvalue weighted by molar-refractivity contribution is 6.31. The Balaban J connectivity index is 1.52. The standard InChI is InChI=1S/C24H23ClN2O5/c25-19-8-7-17(24-23(31)22(30)21(29)20(13-28)32-24)10-18(19)9-15-4-1-14(2-5-15)3-6-16-11-26-27-12-16/h1-2,4-5,7-8,10-12,20-24,28-31H,9,13H2,(H,26,27)/t20-,21-,22+,23-,24+/m1/s1. The van der Waals surface area contributed by atoms with Crippen molar-refractivity contribution in [1.29, 1.82) is 0 Å². The summed E-state index contributed by atoms with van der Waals surface area (Å²) in [6.45, 7) is -0.474. The van der Waals surface area contributed by atoms with Gasteiger partial charge < -0.3 is 25.2 Å². The number of hydrogen-bond donors (Lipinski definition) is 5. The van der Waals surface area contributed by atoms with Gasteiger partial charge in [0.1, 0.15) is 30.5 Å². The lowest BCUT2D eigenvalue weighted by molar-refractivity contribution is -0.231. The van der Waals surface area contributed by atoms with Crippen LogP contribution in [0.4, 0.5) is 0 Å². The number of benzene rings is 2. The number of aliphatic hydroxyl groups is 4. The van der Waals surface area contributed by atoms with Crippen molar-refractivity contribution in [3.8, 4) is 11.8 Å². The molecule has 0 bridgehead atoms. The third-order valence-corrected chi connectivity index (χ3v) is 5.86. The second-order valence-electron chi connectivity index (χ2n) is 7.71. The molecular weight excluding hydrogens is 432 g/mol. The Morgan fingerprint density at radius 3 is 2.41 bits per heavy atom. The minimum absolute atomic E-state index is 0.474. The van der Waals surface area contributed by atoms with Gasteiger partial charge in [-0.3, -0.25) is 5.10 Å². The zero-order valence-electron chi connectivity index (χ0n) is 17.0. The first kappa shape index (κ1) is 22.5. The van der Waals surface area contributed by atoms with Gasteiger partial charge in [0.25, 0.3) is 0 Å². The molecule has 7 nitrogen and oxygen atoms in total. The normalized spacial score (nSPS) is 25.2. The number of halogens is 1. The van der Waals surface area contributed by atoms with E-state index in [0.717, 1.165) is 22.3 Å². The van der Waals surface area contributed by atoms with Crippen molar-refractivity contribution in [3.05, 3.63) is 87.7 Å². The Bertz CT molecular complexity index is 1110. The van der Waals surface area contributed by atoms with Gasteiger partial charge in [0, 0.05) is 16.8 Å². The molecule has 166 valence electrons. The molecule has 1 fully saturated rings. The van der Waals surface area contributed by atoms with Crippen LogP contribution in [0.1, 0.15) is 33.9 Å². The van der Waals surface area contributed by atoms with Crippen LogP contribution in [-0.2, 0) is 11.2 Å². The summed E-state index contributed by atoms with van der Waals surface area (Å²) >= 11 is 6.40. The second-order valence-corrected chi connectivity index (χ2v) is 8.12. The SMILES string of the molecule is OC[C@H]1O[C@@H](c2ccc(Cl)c(Cc3ccc(C#Cc4cn[nH]c4)cc3)c2)[C@H](O)[C@@H](O)[C@@H]1O. The maximum absolute atomic E-state index is 10.4. The van der Waals surface area contributed by atoms with E-state index in [1.165, 1.54) is 0 Å². The molecule has 1 aromatic heterocycles. The number of ether oxygens (including phenoxy) is 1. The van der Waals surface area contributed by atoms with E-state index in [1.807, 2.05) is 30.3 Å². The minimum atomic E-state index is -1.43. The molecule has 1 saturated heterocycles. The van der Waals surface area contributed by atoms with Crippen LogP contribution in [0, 0.1) is 11.8 Å². The monoisotopic (exact) mass is 454 g/mol. The van der Waals surface area contributed by atoms with Crippen LogP contribution < -0.4 is 0 Å². The molecular formula is C24H23ClN2O5. The summed E-state index contributed by atoms with van der Waals surface area (Å²) in [6.07, 6.45) is -2.10. The summed E-state index contributed by atoms with van der Waals surface area (Å²) in [5, 5.41) is 47.1. The lowest BCUT2D eigenvalue weighted by atomic mass is 9.90. The van der Waals surface area contributed by atoms with E-state index in [1.54, 1.807) is 24.5 Å². The van der Waals surface area contributed by atoms with Crippen LogP contribution in [0.2, 0.25) is 5.02 Å². The van der Waals surface area contributed by atoms with E-state index in [4.69, 9.17) is 16.3 Å².